The molecule has 9 heteroatoms. The Morgan fingerprint density at radius 3 is 2.50 bits per heavy atom. The van der Waals surface area contributed by atoms with Crippen LogP contribution in [0.4, 0.5) is 13.2 Å². The van der Waals surface area contributed by atoms with Crippen molar-refractivity contribution in [1.29, 1.82) is 0 Å². The molecular formula is C9H10F3NO3S2. The molecule has 0 saturated heterocycles. The Morgan fingerprint density at radius 1 is 1.39 bits per heavy atom. The second kappa shape index (κ2) is 5.35. The molecule has 0 aromatic carbocycles. The smallest absolute Gasteiger partial charge is 0.375 e. The SMILES string of the molecule is CC(C)Sc1cnccc1OS(=O)(=O)C(F)(F)F. The van der Waals surface area contributed by atoms with Gasteiger partial charge in [-0.3, -0.25) is 4.98 Å². The molecule has 0 atom stereocenters. The van der Waals surface area contributed by atoms with Gasteiger partial charge >= 0.3 is 15.6 Å². The summed E-state index contributed by atoms with van der Waals surface area (Å²) in [6, 6.07) is 1.08. The van der Waals surface area contributed by atoms with E-state index in [0.29, 0.717) is 0 Å². The molecule has 0 amide bonds. The summed E-state index contributed by atoms with van der Waals surface area (Å²) in [4.78, 5) is 3.95. The first-order chi connectivity index (χ1) is 8.13. The van der Waals surface area contributed by atoms with Crippen molar-refractivity contribution in [3.05, 3.63) is 18.5 Å². The molecule has 18 heavy (non-hydrogen) atoms. The molecule has 1 aromatic heterocycles. The zero-order valence-corrected chi connectivity index (χ0v) is 11.1. The van der Waals surface area contributed by atoms with E-state index in [4.69, 9.17) is 0 Å². The number of nitrogens with zero attached hydrogens (tertiary/aromatic N) is 1. The van der Waals surface area contributed by atoms with Crippen molar-refractivity contribution in [1.82, 2.24) is 4.98 Å². The van der Waals surface area contributed by atoms with Crippen LogP contribution in [0.1, 0.15) is 13.8 Å². The van der Waals surface area contributed by atoms with E-state index < -0.39 is 15.6 Å². The molecule has 0 aliphatic carbocycles. The van der Waals surface area contributed by atoms with E-state index in [-0.39, 0.29) is 15.9 Å². The fraction of sp³-hybridized carbons (Fsp3) is 0.444. The van der Waals surface area contributed by atoms with Crippen LogP contribution < -0.4 is 4.18 Å². The Morgan fingerprint density at radius 2 is 2.00 bits per heavy atom. The summed E-state index contributed by atoms with van der Waals surface area (Å²) in [5, 5.41) is 0.0464. The minimum absolute atomic E-state index is 0.0464. The second-order valence-corrected chi connectivity index (χ2v) is 6.63. The van der Waals surface area contributed by atoms with Crippen molar-refractivity contribution in [2.24, 2.45) is 0 Å². The maximum absolute atomic E-state index is 12.2. The lowest BCUT2D eigenvalue weighted by Gasteiger charge is -2.13. The highest BCUT2D eigenvalue weighted by Crippen LogP contribution is 2.34. The van der Waals surface area contributed by atoms with Crippen LogP contribution in [0.2, 0.25) is 0 Å². The van der Waals surface area contributed by atoms with Crippen molar-refractivity contribution < 1.29 is 25.8 Å². The van der Waals surface area contributed by atoms with Crippen LogP contribution >= 0.6 is 11.8 Å². The van der Waals surface area contributed by atoms with Gasteiger partial charge in [0, 0.05) is 23.7 Å². The standard InChI is InChI=1S/C9H10F3NO3S2/c1-6(2)17-8-5-13-4-3-7(8)16-18(14,15)9(10,11)12/h3-6H,1-2H3. The molecule has 0 radical (unpaired) electrons. The van der Waals surface area contributed by atoms with E-state index in [1.807, 2.05) is 0 Å². The minimum Gasteiger partial charge on any atom is -0.375 e. The molecule has 0 bridgehead atoms. The molecule has 0 N–H and O–H groups in total. The largest absolute Gasteiger partial charge is 0.534 e. The third kappa shape index (κ3) is 3.77. The van der Waals surface area contributed by atoms with Gasteiger partial charge in [-0.15, -0.1) is 11.8 Å². The lowest BCUT2D eigenvalue weighted by Crippen LogP contribution is -2.28. The Balaban J connectivity index is 3.05. The Kier molecular flexibility index (Phi) is 4.49. The van der Waals surface area contributed by atoms with Gasteiger partial charge in [0.25, 0.3) is 0 Å². The molecule has 0 spiro atoms. The van der Waals surface area contributed by atoms with E-state index >= 15 is 0 Å². The summed E-state index contributed by atoms with van der Waals surface area (Å²) >= 11 is 1.16. The summed E-state index contributed by atoms with van der Waals surface area (Å²) in [6.07, 6.45) is 2.41. The minimum atomic E-state index is -5.65. The predicted molar refractivity (Wildman–Crippen MR) is 60.8 cm³/mol. The lowest BCUT2D eigenvalue weighted by atomic mass is 10.5. The van der Waals surface area contributed by atoms with Crippen LogP contribution in [0.5, 0.6) is 5.75 Å². The van der Waals surface area contributed by atoms with E-state index in [0.717, 1.165) is 24.0 Å². The van der Waals surface area contributed by atoms with Gasteiger partial charge in [0.1, 0.15) is 0 Å². The number of halogens is 3. The number of alkyl halides is 3. The summed E-state index contributed by atoms with van der Waals surface area (Å²) in [5.74, 6) is -0.374. The van der Waals surface area contributed by atoms with Gasteiger partial charge in [-0.05, 0) is 0 Å². The first-order valence-corrected chi connectivity index (χ1v) is 7.03. The average molecular weight is 301 g/mol. The molecule has 4 nitrogen and oxygen atoms in total. The molecule has 0 unspecified atom stereocenters. The Bertz CT molecular complexity index is 514. The first kappa shape index (κ1) is 15.1. The molecule has 102 valence electrons. The molecule has 1 rings (SSSR count). The van der Waals surface area contributed by atoms with Crippen LogP contribution in [0.25, 0.3) is 0 Å². The van der Waals surface area contributed by atoms with Gasteiger partial charge in [-0.1, -0.05) is 13.8 Å². The van der Waals surface area contributed by atoms with Crippen molar-refractivity contribution in [2.75, 3.05) is 0 Å². The van der Waals surface area contributed by atoms with Crippen molar-refractivity contribution in [3.8, 4) is 5.75 Å². The number of thioether (sulfide) groups is 1. The van der Waals surface area contributed by atoms with E-state index in [9.17, 15) is 21.6 Å². The Hall–Kier alpha value is -0.960. The molecular weight excluding hydrogens is 291 g/mol. The number of hydrogen-bond donors (Lipinski definition) is 0. The van der Waals surface area contributed by atoms with Gasteiger partial charge < -0.3 is 4.18 Å². The van der Waals surface area contributed by atoms with E-state index in [2.05, 4.69) is 9.17 Å². The summed E-state index contributed by atoms with van der Waals surface area (Å²) < 4.78 is 62.4. The summed E-state index contributed by atoms with van der Waals surface area (Å²) in [6.45, 7) is 3.61. The highest BCUT2D eigenvalue weighted by atomic mass is 32.2. The van der Waals surface area contributed by atoms with Crippen LogP contribution in [0.15, 0.2) is 23.4 Å². The van der Waals surface area contributed by atoms with Crippen molar-refractivity contribution in [3.63, 3.8) is 0 Å². The first-order valence-electron chi connectivity index (χ1n) is 4.75. The van der Waals surface area contributed by atoms with Crippen LogP contribution in [-0.4, -0.2) is 24.2 Å². The average Bonchev–Trinajstić information content (AvgIpc) is 2.18. The quantitative estimate of drug-likeness (QED) is 0.486. The van der Waals surface area contributed by atoms with Crippen LogP contribution in [0, 0.1) is 0 Å². The maximum Gasteiger partial charge on any atom is 0.534 e. The van der Waals surface area contributed by atoms with Gasteiger partial charge in [0.2, 0.25) is 0 Å². The third-order valence-electron chi connectivity index (χ3n) is 1.59. The number of hydrogen-bond acceptors (Lipinski definition) is 5. The number of pyridine rings is 1. The molecule has 0 saturated carbocycles. The summed E-state index contributed by atoms with van der Waals surface area (Å²) in [5.41, 5.74) is -5.45. The van der Waals surface area contributed by atoms with Gasteiger partial charge in [0.15, 0.2) is 5.75 Å². The normalized spacial score (nSPS) is 12.8. The van der Waals surface area contributed by atoms with Crippen LogP contribution in [-0.2, 0) is 10.1 Å². The predicted octanol–water partition coefficient (Wildman–Crippen LogP) is 2.81. The molecule has 0 fully saturated rings. The maximum atomic E-state index is 12.2. The highest BCUT2D eigenvalue weighted by molar-refractivity contribution is 8.00. The lowest BCUT2D eigenvalue weighted by molar-refractivity contribution is -0.0500. The fourth-order valence-electron chi connectivity index (χ4n) is 0.944. The zero-order chi connectivity index (χ0) is 14.0. The monoisotopic (exact) mass is 301 g/mol. The molecule has 1 heterocycles. The molecule has 0 aliphatic heterocycles. The third-order valence-corrected chi connectivity index (χ3v) is 3.59. The van der Waals surface area contributed by atoms with Gasteiger partial charge in [-0.2, -0.15) is 21.6 Å². The van der Waals surface area contributed by atoms with Gasteiger partial charge in [-0.25, -0.2) is 0 Å². The second-order valence-electron chi connectivity index (χ2n) is 3.47. The highest BCUT2D eigenvalue weighted by Gasteiger charge is 2.48. The Labute approximate surface area is 107 Å². The number of rotatable bonds is 4. The molecule has 1 aromatic rings. The summed E-state index contributed by atoms with van der Waals surface area (Å²) in [7, 11) is -5.65. The van der Waals surface area contributed by atoms with E-state index in [1.165, 1.54) is 6.20 Å². The van der Waals surface area contributed by atoms with Crippen LogP contribution in [0.3, 0.4) is 0 Å². The van der Waals surface area contributed by atoms with Crippen molar-refractivity contribution in [2.45, 2.75) is 29.5 Å². The van der Waals surface area contributed by atoms with Gasteiger partial charge in [0.05, 0.1) is 4.90 Å². The fourth-order valence-corrected chi connectivity index (χ4v) is 2.33. The molecule has 0 aliphatic rings. The van der Waals surface area contributed by atoms with E-state index in [1.54, 1.807) is 13.8 Å². The van der Waals surface area contributed by atoms with Crippen molar-refractivity contribution >= 4 is 21.9 Å². The number of aromatic nitrogens is 1. The topological polar surface area (TPSA) is 56.3 Å². The zero-order valence-electron chi connectivity index (χ0n) is 9.43.